The Labute approximate surface area is 209 Å². The molecule has 0 atom stereocenters. The van der Waals surface area contributed by atoms with E-state index in [9.17, 15) is 0 Å². The van der Waals surface area contributed by atoms with Gasteiger partial charge in [0.2, 0.25) is 0 Å². The van der Waals surface area contributed by atoms with Crippen LogP contribution >= 0.6 is 24.0 Å². The lowest BCUT2D eigenvalue weighted by molar-refractivity contribution is 0.129. The maximum atomic E-state index is 6.12. The fourth-order valence-corrected chi connectivity index (χ4v) is 3.81. The van der Waals surface area contributed by atoms with Crippen molar-refractivity contribution in [2.45, 2.75) is 38.7 Å². The lowest BCUT2D eigenvalue weighted by atomic mass is 10.1. The smallest absolute Gasteiger partial charge is 0.193 e. The van der Waals surface area contributed by atoms with E-state index in [0.29, 0.717) is 0 Å². The van der Waals surface area contributed by atoms with E-state index in [1.54, 1.807) is 14.2 Å². The number of guanidine groups is 1. The number of piperidine rings is 1. The predicted molar refractivity (Wildman–Crippen MR) is 141 cm³/mol. The van der Waals surface area contributed by atoms with Gasteiger partial charge in [0.15, 0.2) is 17.5 Å². The van der Waals surface area contributed by atoms with Gasteiger partial charge in [0, 0.05) is 39.0 Å². The fraction of sp³-hybridized carbons (Fsp3) is 0.480. The van der Waals surface area contributed by atoms with E-state index in [0.717, 1.165) is 75.1 Å². The van der Waals surface area contributed by atoms with Crippen molar-refractivity contribution < 1.29 is 14.2 Å². The van der Waals surface area contributed by atoms with Crippen LogP contribution in [-0.2, 0) is 6.42 Å². The summed E-state index contributed by atoms with van der Waals surface area (Å²) in [6, 6.07) is 16.2. The summed E-state index contributed by atoms with van der Waals surface area (Å²) >= 11 is 0. The van der Waals surface area contributed by atoms with Crippen molar-refractivity contribution in [2.75, 3.05) is 40.4 Å². The Bertz CT molecular complexity index is 824. The molecule has 0 aliphatic carbocycles. The SMILES string of the molecule is CCNC(=NCCCc1ccc(OC)c(OC)c1)N1CCC(Oc2ccccc2)CC1.I. The average Bonchev–Trinajstić information content (AvgIpc) is 2.82. The molecule has 7 heteroatoms. The monoisotopic (exact) mass is 553 g/mol. The average molecular weight is 553 g/mol. The Morgan fingerprint density at radius 2 is 1.75 bits per heavy atom. The molecule has 1 N–H and O–H groups in total. The van der Waals surface area contributed by atoms with Crippen LogP contribution in [0, 0.1) is 0 Å². The Balaban J connectivity index is 0.00000363. The highest BCUT2D eigenvalue weighted by Gasteiger charge is 2.22. The molecule has 1 aliphatic rings. The first-order valence-corrected chi connectivity index (χ1v) is 11.2. The van der Waals surface area contributed by atoms with Crippen LogP contribution in [0.1, 0.15) is 31.7 Å². The van der Waals surface area contributed by atoms with Gasteiger partial charge < -0.3 is 24.4 Å². The number of aliphatic imine (C=N–C) groups is 1. The summed E-state index contributed by atoms with van der Waals surface area (Å²) in [6.45, 7) is 5.69. The lowest BCUT2D eigenvalue weighted by Crippen LogP contribution is -2.47. The molecule has 176 valence electrons. The zero-order valence-electron chi connectivity index (χ0n) is 19.4. The van der Waals surface area contributed by atoms with Gasteiger partial charge in [0.25, 0.3) is 0 Å². The number of ether oxygens (including phenoxy) is 3. The van der Waals surface area contributed by atoms with Crippen molar-refractivity contribution >= 4 is 29.9 Å². The molecular formula is C25H36IN3O3. The third kappa shape index (κ3) is 7.76. The molecule has 1 fully saturated rings. The first-order chi connectivity index (χ1) is 15.2. The van der Waals surface area contributed by atoms with Crippen molar-refractivity contribution in [1.82, 2.24) is 10.2 Å². The van der Waals surface area contributed by atoms with Crippen molar-refractivity contribution in [3.63, 3.8) is 0 Å². The van der Waals surface area contributed by atoms with Gasteiger partial charge >= 0.3 is 0 Å². The molecule has 1 saturated heterocycles. The number of likely N-dealkylation sites (tertiary alicyclic amines) is 1. The van der Waals surface area contributed by atoms with Crippen molar-refractivity contribution in [2.24, 2.45) is 4.99 Å². The van der Waals surface area contributed by atoms with Crippen molar-refractivity contribution in [3.8, 4) is 17.2 Å². The van der Waals surface area contributed by atoms with Gasteiger partial charge in [-0.3, -0.25) is 4.99 Å². The number of methoxy groups -OCH3 is 2. The summed E-state index contributed by atoms with van der Waals surface area (Å²) in [7, 11) is 3.33. The van der Waals surface area contributed by atoms with Gasteiger partial charge in [0.05, 0.1) is 14.2 Å². The Hall–Kier alpha value is -2.16. The van der Waals surface area contributed by atoms with Crippen molar-refractivity contribution in [1.29, 1.82) is 0 Å². The Morgan fingerprint density at radius 1 is 1.03 bits per heavy atom. The van der Waals surface area contributed by atoms with E-state index in [4.69, 9.17) is 19.2 Å². The number of hydrogen-bond acceptors (Lipinski definition) is 4. The number of nitrogens with one attached hydrogen (secondary N) is 1. The van der Waals surface area contributed by atoms with Crippen LogP contribution in [0.15, 0.2) is 53.5 Å². The first-order valence-electron chi connectivity index (χ1n) is 11.2. The van der Waals surface area contributed by atoms with Gasteiger partial charge in [-0.2, -0.15) is 0 Å². The van der Waals surface area contributed by atoms with E-state index >= 15 is 0 Å². The minimum absolute atomic E-state index is 0. The normalized spacial score (nSPS) is 14.5. The molecule has 2 aromatic rings. The number of halogens is 1. The molecule has 0 amide bonds. The van der Waals surface area contributed by atoms with Gasteiger partial charge in [-0.25, -0.2) is 0 Å². The first kappa shape index (κ1) is 26.1. The topological polar surface area (TPSA) is 55.3 Å². The van der Waals surface area contributed by atoms with Crippen LogP contribution < -0.4 is 19.5 Å². The zero-order valence-corrected chi connectivity index (χ0v) is 21.7. The standard InChI is InChI=1S/C25H35N3O3.HI/c1-4-26-25(27-16-8-9-20-12-13-23(29-2)24(19-20)30-3)28-17-14-22(15-18-28)31-21-10-6-5-7-11-21;/h5-7,10-13,19,22H,4,8-9,14-18H2,1-3H3,(H,26,27);1H. The second kappa shape index (κ2) is 14.1. The highest BCUT2D eigenvalue weighted by Crippen LogP contribution is 2.28. The minimum Gasteiger partial charge on any atom is -0.493 e. The molecule has 2 aromatic carbocycles. The molecule has 1 heterocycles. The third-order valence-corrected chi connectivity index (χ3v) is 5.46. The summed E-state index contributed by atoms with van der Waals surface area (Å²) in [5.41, 5.74) is 1.23. The van der Waals surface area contributed by atoms with Gasteiger partial charge in [0.1, 0.15) is 11.9 Å². The number of aryl methyl sites for hydroxylation is 1. The maximum Gasteiger partial charge on any atom is 0.193 e. The minimum atomic E-state index is 0. The van der Waals surface area contributed by atoms with E-state index in [1.165, 1.54) is 5.56 Å². The summed E-state index contributed by atoms with van der Waals surface area (Å²) in [4.78, 5) is 7.22. The van der Waals surface area contributed by atoms with E-state index < -0.39 is 0 Å². The van der Waals surface area contributed by atoms with Gasteiger partial charge in [-0.05, 0) is 49.6 Å². The summed E-state index contributed by atoms with van der Waals surface area (Å²) < 4.78 is 16.8. The van der Waals surface area contributed by atoms with Crippen LogP contribution in [0.4, 0.5) is 0 Å². The van der Waals surface area contributed by atoms with Crippen LogP contribution in [0.2, 0.25) is 0 Å². The van der Waals surface area contributed by atoms with E-state index in [-0.39, 0.29) is 30.1 Å². The quantitative estimate of drug-likeness (QED) is 0.210. The van der Waals surface area contributed by atoms with Crippen LogP contribution in [0.25, 0.3) is 0 Å². The highest BCUT2D eigenvalue weighted by molar-refractivity contribution is 14.0. The summed E-state index contributed by atoms with van der Waals surface area (Å²) in [5.74, 6) is 3.50. The second-order valence-electron chi connectivity index (χ2n) is 7.65. The Morgan fingerprint density at radius 3 is 2.41 bits per heavy atom. The molecule has 1 aliphatic heterocycles. The molecule has 0 bridgehead atoms. The Kier molecular flexibility index (Phi) is 11.5. The highest BCUT2D eigenvalue weighted by atomic mass is 127. The summed E-state index contributed by atoms with van der Waals surface area (Å²) in [6.07, 6.45) is 4.22. The summed E-state index contributed by atoms with van der Waals surface area (Å²) in [5, 5.41) is 3.45. The molecule has 32 heavy (non-hydrogen) atoms. The molecular weight excluding hydrogens is 517 g/mol. The number of hydrogen-bond donors (Lipinski definition) is 1. The van der Waals surface area contributed by atoms with Crippen LogP contribution in [0.5, 0.6) is 17.2 Å². The van der Waals surface area contributed by atoms with Crippen molar-refractivity contribution in [3.05, 3.63) is 54.1 Å². The zero-order chi connectivity index (χ0) is 21.9. The van der Waals surface area contributed by atoms with Crippen LogP contribution in [0.3, 0.4) is 0 Å². The van der Waals surface area contributed by atoms with Gasteiger partial charge in [-0.1, -0.05) is 24.3 Å². The molecule has 0 radical (unpaired) electrons. The van der Waals surface area contributed by atoms with Gasteiger partial charge in [-0.15, -0.1) is 24.0 Å². The molecule has 0 saturated carbocycles. The number of para-hydroxylation sites is 1. The molecule has 0 aromatic heterocycles. The molecule has 3 rings (SSSR count). The van der Waals surface area contributed by atoms with E-state index in [1.807, 2.05) is 42.5 Å². The molecule has 0 spiro atoms. The predicted octanol–water partition coefficient (Wildman–Crippen LogP) is 4.76. The fourth-order valence-electron chi connectivity index (χ4n) is 3.81. The number of rotatable bonds is 9. The maximum absolute atomic E-state index is 6.12. The third-order valence-electron chi connectivity index (χ3n) is 5.46. The number of benzene rings is 2. The molecule has 6 nitrogen and oxygen atoms in total. The van der Waals surface area contributed by atoms with E-state index in [2.05, 4.69) is 23.2 Å². The second-order valence-corrected chi connectivity index (χ2v) is 7.65. The largest absolute Gasteiger partial charge is 0.493 e. The van der Waals surface area contributed by atoms with Crippen LogP contribution in [-0.4, -0.2) is 57.4 Å². The molecule has 0 unspecified atom stereocenters. The lowest BCUT2D eigenvalue weighted by Gasteiger charge is -2.34. The number of nitrogens with zero attached hydrogens (tertiary/aromatic N) is 2.